The number of carbonyl (C=O) groups excluding carboxylic acids is 2. The molecule has 2 atom stereocenters. The van der Waals surface area contributed by atoms with E-state index in [1.165, 1.54) is 4.90 Å². The molecule has 0 saturated carbocycles. The van der Waals surface area contributed by atoms with E-state index in [1.54, 1.807) is 0 Å². The average Bonchev–Trinajstić information content (AvgIpc) is 3.15. The number of nitrogens with one attached hydrogen (secondary N) is 1. The number of carbonyl (C=O) groups is 3. The highest BCUT2D eigenvalue weighted by molar-refractivity contribution is 5.86. The predicted molar refractivity (Wildman–Crippen MR) is 125 cm³/mol. The summed E-state index contributed by atoms with van der Waals surface area (Å²) in [5.41, 5.74) is 4.50. The highest BCUT2D eigenvalue weighted by atomic mass is 16.5. The maximum Gasteiger partial charge on any atom is 0.407 e. The minimum Gasteiger partial charge on any atom is -0.479 e. The first-order chi connectivity index (χ1) is 16.3. The van der Waals surface area contributed by atoms with Crippen molar-refractivity contribution in [3.63, 3.8) is 0 Å². The third-order valence-electron chi connectivity index (χ3n) is 6.29. The maximum atomic E-state index is 13.1. The van der Waals surface area contributed by atoms with E-state index in [-0.39, 0.29) is 44.0 Å². The van der Waals surface area contributed by atoms with Crippen molar-refractivity contribution in [3.05, 3.63) is 59.7 Å². The highest BCUT2D eigenvalue weighted by Gasteiger charge is 2.34. The average molecular weight is 467 g/mol. The SMILES string of the molecule is CC(C)C[C@@H](NC(=O)OCC1c2ccccc2-c2ccccc21)C(=O)N1CCOC(C(=O)O)C1. The van der Waals surface area contributed by atoms with Crippen LogP contribution in [0.25, 0.3) is 11.1 Å². The van der Waals surface area contributed by atoms with E-state index in [1.807, 2.05) is 50.2 Å². The summed E-state index contributed by atoms with van der Waals surface area (Å²) in [5.74, 6) is -1.37. The van der Waals surface area contributed by atoms with Crippen LogP contribution in [0.1, 0.15) is 37.3 Å². The van der Waals surface area contributed by atoms with Gasteiger partial charge in [-0.2, -0.15) is 0 Å². The lowest BCUT2D eigenvalue weighted by atomic mass is 9.98. The van der Waals surface area contributed by atoms with Gasteiger partial charge in [0.1, 0.15) is 12.6 Å². The standard InChI is InChI=1S/C26H30N2O6/c1-16(2)13-22(24(29)28-11-12-33-23(14-28)25(30)31)27-26(32)34-15-21-19-9-5-3-7-17(19)18-8-4-6-10-20(18)21/h3-10,16,21-23H,11-15H2,1-2H3,(H,27,32)(H,30,31)/t22-,23?/m1/s1. The van der Waals surface area contributed by atoms with Crippen molar-refractivity contribution in [1.29, 1.82) is 0 Å². The molecule has 2 aromatic carbocycles. The fourth-order valence-corrected chi connectivity index (χ4v) is 4.69. The van der Waals surface area contributed by atoms with Gasteiger partial charge in [-0.1, -0.05) is 62.4 Å². The van der Waals surface area contributed by atoms with E-state index in [0.29, 0.717) is 6.42 Å². The normalized spacial score (nSPS) is 18.2. The molecule has 0 radical (unpaired) electrons. The fourth-order valence-electron chi connectivity index (χ4n) is 4.69. The van der Waals surface area contributed by atoms with Crippen LogP contribution in [0, 0.1) is 5.92 Å². The van der Waals surface area contributed by atoms with E-state index < -0.39 is 24.2 Å². The monoisotopic (exact) mass is 466 g/mol. The second kappa shape index (κ2) is 10.3. The van der Waals surface area contributed by atoms with Gasteiger partial charge in [-0.3, -0.25) is 4.79 Å². The Morgan fingerprint density at radius 3 is 2.29 bits per heavy atom. The molecular formula is C26H30N2O6. The van der Waals surface area contributed by atoms with E-state index in [0.717, 1.165) is 22.3 Å². The Kier molecular flexibility index (Phi) is 7.17. The molecule has 8 heteroatoms. The van der Waals surface area contributed by atoms with Gasteiger partial charge in [0, 0.05) is 12.5 Å². The molecule has 2 amide bonds. The number of rotatable bonds is 7. The van der Waals surface area contributed by atoms with Crippen molar-refractivity contribution >= 4 is 18.0 Å². The largest absolute Gasteiger partial charge is 0.479 e. The van der Waals surface area contributed by atoms with Crippen molar-refractivity contribution < 1.29 is 29.0 Å². The van der Waals surface area contributed by atoms with Crippen LogP contribution < -0.4 is 5.32 Å². The summed E-state index contributed by atoms with van der Waals surface area (Å²) in [6.07, 6.45) is -1.31. The van der Waals surface area contributed by atoms with Gasteiger partial charge < -0.3 is 24.8 Å². The molecule has 0 bridgehead atoms. The molecule has 2 N–H and O–H groups in total. The summed E-state index contributed by atoms with van der Waals surface area (Å²) >= 11 is 0. The summed E-state index contributed by atoms with van der Waals surface area (Å²) in [6.45, 7) is 4.44. The Balaban J connectivity index is 1.42. The smallest absolute Gasteiger partial charge is 0.407 e. The number of carboxylic acid groups (broad SMARTS) is 1. The summed E-state index contributed by atoms with van der Waals surface area (Å²) in [6, 6.07) is 15.4. The third-order valence-corrected chi connectivity index (χ3v) is 6.29. The molecule has 2 aromatic rings. The molecule has 1 fully saturated rings. The first-order valence-corrected chi connectivity index (χ1v) is 11.6. The van der Waals surface area contributed by atoms with Crippen LogP contribution in [-0.2, 0) is 19.1 Å². The van der Waals surface area contributed by atoms with Gasteiger partial charge in [0.05, 0.1) is 13.2 Å². The molecule has 0 aromatic heterocycles. The Morgan fingerprint density at radius 2 is 1.71 bits per heavy atom. The molecular weight excluding hydrogens is 436 g/mol. The fraction of sp³-hybridized carbons (Fsp3) is 0.423. The maximum absolute atomic E-state index is 13.1. The van der Waals surface area contributed by atoms with Gasteiger partial charge in [0.15, 0.2) is 6.10 Å². The van der Waals surface area contributed by atoms with Crippen LogP contribution in [0.3, 0.4) is 0 Å². The van der Waals surface area contributed by atoms with E-state index in [2.05, 4.69) is 17.4 Å². The van der Waals surface area contributed by atoms with Gasteiger partial charge in [-0.05, 0) is 34.6 Å². The summed E-state index contributed by atoms with van der Waals surface area (Å²) in [4.78, 5) is 38.6. The number of morpholine rings is 1. The molecule has 8 nitrogen and oxygen atoms in total. The minimum absolute atomic E-state index is 0.0465. The summed E-state index contributed by atoms with van der Waals surface area (Å²) < 4.78 is 10.8. The van der Waals surface area contributed by atoms with Crippen LogP contribution in [0.2, 0.25) is 0 Å². The number of alkyl carbamates (subject to hydrolysis) is 1. The van der Waals surface area contributed by atoms with E-state index in [9.17, 15) is 19.5 Å². The zero-order valence-electron chi connectivity index (χ0n) is 19.4. The van der Waals surface area contributed by atoms with Gasteiger partial charge in [-0.25, -0.2) is 9.59 Å². The van der Waals surface area contributed by atoms with Crippen LogP contribution >= 0.6 is 0 Å². The van der Waals surface area contributed by atoms with Crippen LogP contribution in [0.15, 0.2) is 48.5 Å². The Bertz CT molecular complexity index is 1020. The number of benzene rings is 2. The Hall–Kier alpha value is -3.39. The number of hydrogen-bond donors (Lipinski definition) is 2. The van der Waals surface area contributed by atoms with Crippen molar-refractivity contribution in [2.45, 2.75) is 38.3 Å². The zero-order chi connectivity index (χ0) is 24.2. The number of carboxylic acids is 1. The Morgan fingerprint density at radius 1 is 1.09 bits per heavy atom. The Labute approximate surface area is 198 Å². The molecule has 180 valence electrons. The second-order valence-electron chi connectivity index (χ2n) is 9.13. The number of fused-ring (bicyclic) bond motifs is 3. The van der Waals surface area contributed by atoms with Gasteiger partial charge in [0.25, 0.3) is 0 Å². The number of amides is 2. The molecule has 2 aliphatic rings. The van der Waals surface area contributed by atoms with Crippen molar-refractivity contribution in [2.24, 2.45) is 5.92 Å². The summed E-state index contributed by atoms with van der Waals surface area (Å²) in [5, 5.41) is 11.9. The number of ether oxygens (including phenoxy) is 2. The molecule has 1 saturated heterocycles. The molecule has 4 rings (SSSR count). The van der Waals surface area contributed by atoms with E-state index >= 15 is 0 Å². The number of nitrogens with zero attached hydrogens (tertiary/aromatic N) is 1. The lowest BCUT2D eigenvalue weighted by Crippen LogP contribution is -2.55. The highest BCUT2D eigenvalue weighted by Crippen LogP contribution is 2.44. The molecule has 0 spiro atoms. The lowest BCUT2D eigenvalue weighted by Gasteiger charge is -2.34. The molecule has 1 unspecified atom stereocenters. The zero-order valence-corrected chi connectivity index (χ0v) is 19.4. The minimum atomic E-state index is -1.11. The van der Waals surface area contributed by atoms with Gasteiger partial charge in [-0.15, -0.1) is 0 Å². The van der Waals surface area contributed by atoms with Crippen molar-refractivity contribution in [3.8, 4) is 11.1 Å². The predicted octanol–water partition coefficient (Wildman–Crippen LogP) is 3.25. The van der Waals surface area contributed by atoms with Crippen LogP contribution in [0.4, 0.5) is 4.79 Å². The van der Waals surface area contributed by atoms with Crippen LogP contribution in [-0.4, -0.2) is 66.4 Å². The van der Waals surface area contributed by atoms with Gasteiger partial charge in [0.2, 0.25) is 5.91 Å². The van der Waals surface area contributed by atoms with E-state index in [4.69, 9.17) is 9.47 Å². The van der Waals surface area contributed by atoms with Gasteiger partial charge >= 0.3 is 12.1 Å². The lowest BCUT2D eigenvalue weighted by molar-refractivity contribution is -0.160. The quantitative estimate of drug-likeness (QED) is 0.649. The topological polar surface area (TPSA) is 105 Å². The third kappa shape index (κ3) is 5.07. The molecule has 34 heavy (non-hydrogen) atoms. The first kappa shape index (κ1) is 23.8. The summed E-state index contributed by atoms with van der Waals surface area (Å²) in [7, 11) is 0. The molecule has 1 aliphatic carbocycles. The molecule has 1 aliphatic heterocycles. The number of hydrogen-bond acceptors (Lipinski definition) is 5. The number of aliphatic carboxylic acids is 1. The molecule has 1 heterocycles. The van der Waals surface area contributed by atoms with Crippen LogP contribution in [0.5, 0.6) is 0 Å². The van der Waals surface area contributed by atoms with Crippen molar-refractivity contribution in [2.75, 3.05) is 26.3 Å². The van der Waals surface area contributed by atoms with Crippen molar-refractivity contribution in [1.82, 2.24) is 10.2 Å². The second-order valence-corrected chi connectivity index (χ2v) is 9.13. The first-order valence-electron chi connectivity index (χ1n) is 11.6.